The van der Waals surface area contributed by atoms with Crippen molar-refractivity contribution in [2.75, 3.05) is 7.05 Å². The fourth-order valence-corrected chi connectivity index (χ4v) is 4.54. The maximum absolute atomic E-state index is 13.5. The quantitative estimate of drug-likeness (QED) is 0.590. The van der Waals surface area contributed by atoms with E-state index < -0.39 is 41.3 Å². The van der Waals surface area contributed by atoms with Crippen LogP contribution in [0.5, 0.6) is 0 Å². The number of aryl methyl sites for hydroxylation is 1. The average Bonchev–Trinajstić information content (AvgIpc) is 3.45. The lowest BCUT2D eigenvalue weighted by Gasteiger charge is -2.29. The van der Waals surface area contributed by atoms with E-state index in [2.05, 4.69) is 10.2 Å². The molecule has 1 atom stereocenters. The molecule has 7 nitrogen and oxygen atoms in total. The molecule has 2 fully saturated rings. The molecule has 1 aliphatic carbocycles. The first-order chi connectivity index (χ1) is 16.0. The number of amides is 3. The topological polar surface area (TPSA) is 86.4 Å². The van der Waals surface area contributed by atoms with E-state index in [0.29, 0.717) is 18.5 Å². The van der Waals surface area contributed by atoms with Gasteiger partial charge in [-0.25, -0.2) is 0 Å². The zero-order valence-corrected chi connectivity index (χ0v) is 19.1. The Balaban J connectivity index is 1.63. The third-order valence-electron chi connectivity index (χ3n) is 6.48. The van der Waals surface area contributed by atoms with Gasteiger partial charge >= 0.3 is 6.18 Å². The Morgan fingerprint density at radius 1 is 1.26 bits per heavy atom. The fourth-order valence-electron chi connectivity index (χ4n) is 4.54. The van der Waals surface area contributed by atoms with E-state index in [1.807, 2.05) is 13.0 Å². The summed E-state index contributed by atoms with van der Waals surface area (Å²) in [5, 5.41) is 7.08. The number of hydrogen-bond acceptors (Lipinski definition) is 4. The predicted octanol–water partition coefficient (Wildman–Crippen LogP) is 3.59. The molecule has 10 heteroatoms. The number of alkyl halides is 3. The molecule has 4 rings (SSSR count). The summed E-state index contributed by atoms with van der Waals surface area (Å²) < 4.78 is 40.2. The molecule has 1 unspecified atom stereocenters. The van der Waals surface area contributed by atoms with Crippen LogP contribution in [-0.2, 0) is 38.9 Å². The van der Waals surface area contributed by atoms with Crippen LogP contribution in [-0.4, -0.2) is 50.8 Å². The van der Waals surface area contributed by atoms with Gasteiger partial charge in [-0.1, -0.05) is 31.5 Å². The molecule has 182 valence electrons. The number of carbonyl (C=O) groups excluding carboxylic acids is 3. The van der Waals surface area contributed by atoms with Gasteiger partial charge in [0.1, 0.15) is 0 Å². The summed E-state index contributed by atoms with van der Waals surface area (Å²) in [6, 6.07) is 6.04. The van der Waals surface area contributed by atoms with Crippen molar-refractivity contribution in [2.24, 2.45) is 0 Å². The van der Waals surface area contributed by atoms with Crippen molar-refractivity contribution in [2.45, 2.75) is 69.6 Å². The number of H-pyrrole nitrogens is 1. The smallest absolute Gasteiger partial charge is 0.340 e. The summed E-state index contributed by atoms with van der Waals surface area (Å²) >= 11 is 0. The lowest BCUT2D eigenvalue weighted by atomic mass is 9.75. The molecule has 0 spiro atoms. The monoisotopic (exact) mass is 476 g/mol. The van der Waals surface area contributed by atoms with Crippen LogP contribution in [0.4, 0.5) is 13.2 Å². The minimum atomic E-state index is -4.61. The average molecular weight is 476 g/mol. The van der Waals surface area contributed by atoms with Crippen molar-refractivity contribution in [1.82, 2.24) is 20.0 Å². The van der Waals surface area contributed by atoms with Gasteiger partial charge in [0.05, 0.1) is 28.9 Å². The summed E-state index contributed by atoms with van der Waals surface area (Å²) in [7, 11) is 1.56. The van der Waals surface area contributed by atoms with Crippen molar-refractivity contribution in [3.8, 4) is 0 Å². The normalized spacial score (nSPS) is 20.8. The Kier molecular flexibility index (Phi) is 6.26. The number of nitrogens with one attached hydrogen (secondary N) is 1. The Bertz CT molecular complexity index is 1110. The number of imide groups is 1. The van der Waals surface area contributed by atoms with Crippen LogP contribution in [0, 0.1) is 0 Å². The second kappa shape index (κ2) is 8.88. The third-order valence-corrected chi connectivity index (χ3v) is 6.48. The van der Waals surface area contributed by atoms with Crippen LogP contribution in [0.25, 0.3) is 0 Å². The lowest BCUT2D eigenvalue weighted by Crippen LogP contribution is -2.43. The first-order valence-corrected chi connectivity index (χ1v) is 11.4. The number of benzene rings is 1. The molecule has 1 aliphatic heterocycles. The predicted molar refractivity (Wildman–Crippen MR) is 116 cm³/mol. The maximum Gasteiger partial charge on any atom is 0.416 e. The molecule has 2 aliphatic rings. The van der Waals surface area contributed by atoms with E-state index in [1.54, 1.807) is 7.05 Å². The van der Waals surface area contributed by atoms with Crippen LogP contribution in [0.1, 0.15) is 61.5 Å². The highest BCUT2D eigenvalue weighted by atomic mass is 19.4. The highest BCUT2D eigenvalue weighted by Gasteiger charge is 2.57. The molecule has 3 amide bonds. The van der Waals surface area contributed by atoms with Crippen molar-refractivity contribution in [3.05, 3.63) is 52.8 Å². The molecule has 1 saturated heterocycles. The third kappa shape index (κ3) is 4.58. The maximum atomic E-state index is 13.5. The first kappa shape index (κ1) is 24.0. The summed E-state index contributed by atoms with van der Waals surface area (Å²) in [6.07, 6.45) is -2.28. The summed E-state index contributed by atoms with van der Waals surface area (Å²) in [4.78, 5) is 42.1. The van der Waals surface area contributed by atoms with Gasteiger partial charge in [-0.05, 0) is 37.0 Å². The molecule has 1 aromatic heterocycles. The van der Waals surface area contributed by atoms with E-state index in [1.165, 1.54) is 17.0 Å². The van der Waals surface area contributed by atoms with Crippen LogP contribution >= 0.6 is 0 Å². The number of likely N-dealkylation sites (tertiary alicyclic amines) is 1. The van der Waals surface area contributed by atoms with Gasteiger partial charge in [0.25, 0.3) is 0 Å². The van der Waals surface area contributed by atoms with E-state index in [0.717, 1.165) is 35.6 Å². The number of carbonyl (C=O) groups is 3. The zero-order valence-electron chi connectivity index (χ0n) is 19.1. The van der Waals surface area contributed by atoms with E-state index >= 15 is 0 Å². The molecular formula is C24H27F3N4O3. The summed E-state index contributed by atoms with van der Waals surface area (Å²) in [6.45, 7) is 2.23. The molecule has 0 bridgehead atoms. The van der Waals surface area contributed by atoms with Crippen LogP contribution in [0.2, 0.25) is 0 Å². The molecule has 0 radical (unpaired) electrons. The molecule has 1 saturated carbocycles. The van der Waals surface area contributed by atoms with Gasteiger partial charge in [0.15, 0.2) is 0 Å². The molecule has 1 aromatic carbocycles. The number of nitrogens with zero attached hydrogens (tertiary/aromatic N) is 3. The van der Waals surface area contributed by atoms with Gasteiger partial charge < -0.3 is 4.90 Å². The van der Waals surface area contributed by atoms with Crippen molar-refractivity contribution in [1.29, 1.82) is 0 Å². The zero-order chi connectivity index (χ0) is 24.7. The van der Waals surface area contributed by atoms with Crippen molar-refractivity contribution in [3.63, 3.8) is 0 Å². The Morgan fingerprint density at radius 2 is 2.00 bits per heavy atom. The van der Waals surface area contributed by atoms with Gasteiger partial charge in [0, 0.05) is 25.9 Å². The van der Waals surface area contributed by atoms with Crippen LogP contribution in [0.15, 0.2) is 30.3 Å². The molecule has 2 aromatic rings. The Hall–Kier alpha value is -3.17. The van der Waals surface area contributed by atoms with Gasteiger partial charge in [-0.15, -0.1) is 0 Å². The Labute approximate surface area is 195 Å². The van der Waals surface area contributed by atoms with Crippen LogP contribution < -0.4 is 0 Å². The standard InChI is InChI=1S/C24H27F3N4O3/c1-3-5-17-11-18(29-28-17)14-30(2)20(32)12-23(13-21(33)31(22(23)34)19-8-9-19)15-6-4-7-16(10-15)24(25,26)27/h4,6-7,10-11,19H,3,5,8-9,12-14H2,1-2H3,(H,28,29). The number of rotatable bonds is 8. The van der Waals surface area contributed by atoms with Gasteiger partial charge in [-0.2, -0.15) is 18.3 Å². The first-order valence-electron chi connectivity index (χ1n) is 11.4. The van der Waals surface area contributed by atoms with Crippen molar-refractivity contribution < 1.29 is 27.6 Å². The number of halogens is 3. The van der Waals surface area contributed by atoms with Crippen LogP contribution in [0.3, 0.4) is 0 Å². The molecule has 2 heterocycles. The van der Waals surface area contributed by atoms with E-state index in [-0.39, 0.29) is 24.6 Å². The summed E-state index contributed by atoms with van der Waals surface area (Å²) in [5.74, 6) is -1.48. The molecular weight excluding hydrogens is 449 g/mol. The molecule has 1 N–H and O–H groups in total. The van der Waals surface area contributed by atoms with Gasteiger partial charge in [0.2, 0.25) is 17.7 Å². The number of aromatic nitrogens is 2. The minimum absolute atomic E-state index is 0.0392. The number of hydrogen-bond donors (Lipinski definition) is 1. The Morgan fingerprint density at radius 3 is 2.65 bits per heavy atom. The highest BCUT2D eigenvalue weighted by molar-refractivity contribution is 6.11. The summed E-state index contributed by atoms with van der Waals surface area (Å²) in [5.41, 5.74) is -0.960. The van der Waals surface area contributed by atoms with E-state index in [4.69, 9.17) is 0 Å². The van der Waals surface area contributed by atoms with Crippen molar-refractivity contribution >= 4 is 17.7 Å². The highest BCUT2D eigenvalue weighted by Crippen LogP contribution is 2.45. The SMILES string of the molecule is CCCc1cc(CN(C)C(=O)CC2(c3cccc(C(F)(F)F)c3)CC(=O)N(C3CC3)C2=O)[nH]n1. The van der Waals surface area contributed by atoms with Gasteiger partial charge in [-0.3, -0.25) is 24.4 Å². The molecule has 34 heavy (non-hydrogen) atoms. The fraction of sp³-hybridized carbons (Fsp3) is 0.500. The second-order valence-electron chi connectivity index (χ2n) is 9.20. The second-order valence-corrected chi connectivity index (χ2v) is 9.20. The number of aromatic amines is 1. The lowest BCUT2D eigenvalue weighted by molar-refractivity contribution is -0.143. The van der Waals surface area contributed by atoms with E-state index in [9.17, 15) is 27.6 Å². The minimum Gasteiger partial charge on any atom is -0.340 e. The largest absolute Gasteiger partial charge is 0.416 e.